The lowest BCUT2D eigenvalue weighted by Gasteiger charge is -2.03. The van der Waals surface area contributed by atoms with Crippen molar-refractivity contribution in [3.05, 3.63) is 33.8 Å². The molecule has 6 heteroatoms. The van der Waals surface area contributed by atoms with E-state index in [9.17, 15) is 13.2 Å². The van der Waals surface area contributed by atoms with E-state index >= 15 is 0 Å². The second-order valence-corrected chi connectivity index (χ2v) is 6.88. The van der Waals surface area contributed by atoms with Gasteiger partial charge in [-0.05, 0) is 24.6 Å². The lowest BCUT2D eigenvalue weighted by Crippen LogP contribution is -2.07. The number of halogens is 2. The fourth-order valence-corrected chi connectivity index (χ4v) is 2.53. The van der Waals surface area contributed by atoms with Crippen molar-refractivity contribution in [1.82, 2.24) is 0 Å². The first-order valence-electron chi connectivity index (χ1n) is 4.95. The molecular weight excluding hydrogens is 283 g/mol. The molecule has 0 aromatic heterocycles. The lowest BCUT2D eigenvalue weighted by atomic mass is 10.1. The quantitative estimate of drug-likeness (QED) is 0.785. The van der Waals surface area contributed by atoms with Crippen LogP contribution in [0.3, 0.4) is 0 Å². The van der Waals surface area contributed by atoms with Crippen molar-refractivity contribution in [2.75, 3.05) is 12.0 Å². The number of sulfone groups is 1. The molecule has 1 aromatic rings. The molecule has 0 atom stereocenters. The van der Waals surface area contributed by atoms with Crippen LogP contribution < -0.4 is 0 Å². The van der Waals surface area contributed by atoms with E-state index in [1.807, 2.05) is 0 Å². The molecule has 0 aliphatic carbocycles. The smallest absolute Gasteiger partial charge is 0.164 e. The van der Waals surface area contributed by atoms with Crippen molar-refractivity contribution in [3.8, 4) is 0 Å². The molecule has 0 N–H and O–H groups in total. The van der Waals surface area contributed by atoms with Gasteiger partial charge in [0.2, 0.25) is 0 Å². The van der Waals surface area contributed by atoms with Gasteiger partial charge in [-0.15, -0.1) is 0 Å². The van der Waals surface area contributed by atoms with Crippen LogP contribution in [0.15, 0.2) is 18.2 Å². The Morgan fingerprint density at radius 1 is 1.29 bits per heavy atom. The van der Waals surface area contributed by atoms with Crippen LogP contribution in [0.1, 0.15) is 23.2 Å². The van der Waals surface area contributed by atoms with Gasteiger partial charge in [-0.3, -0.25) is 4.79 Å². The Kier molecular flexibility index (Phi) is 4.98. The van der Waals surface area contributed by atoms with E-state index in [1.54, 1.807) is 12.1 Å². The number of benzene rings is 1. The number of carbonyl (C=O) groups excluding carboxylic acids is 1. The highest BCUT2D eigenvalue weighted by Gasteiger charge is 2.11. The fourth-order valence-electron chi connectivity index (χ4n) is 1.35. The second-order valence-electron chi connectivity index (χ2n) is 3.78. The topological polar surface area (TPSA) is 51.2 Å². The standard InChI is InChI=1S/C11H12Cl2O3S/c1-17(15,16)6-2-3-11(14)9-5-4-8(12)7-10(9)13/h4-5,7H,2-3,6H2,1H3. The van der Waals surface area contributed by atoms with E-state index in [0.717, 1.165) is 6.26 Å². The number of Topliss-reactive ketones (excluding diaryl/α,β-unsaturated/α-hetero) is 1. The molecule has 0 bridgehead atoms. The van der Waals surface area contributed by atoms with E-state index in [4.69, 9.17) is 23.2 Å². The molecule has 0 aliphatic heterocycles. The summed E-state index contributed by atoms with van der Waals surface area (Å²) in [6.07, 6.45) is 1.61. The molecule has 1 aromatic carbocycles. The number of rotatable bonds is 5. The maximum Gasteiger partial charge on any atom is 0.164 e. The maximum absolute atomic E-state index is 11.7. The average molecular weight is 295 g/mol. The summed E-state index contributed by atoms with van der Waals surface area (Å²) in [5.41, 5.74) is 0.379. The summed E-state index contributed by atoms with van der Waals surface area (Å²) in [6, 6.07) is 4.62. The molecule has 0 unspecified atom stereocenters. The van der Waals surface area contributed by atoms with Crippen LogP contribution in [0, 0.1) is 0 Å². The number of carbonyl (C=O) groups is 1. The first kappa shape index (κ1) is 14.5. The van der Waals surface area contributed by atoms with Crippen LogP contribution in [0.2, 0.25) is 10.0 Å². The molecule has 3 nitrogen and oxygen atoms in total. The third-order valence-electron chi connectivity index (χ3n) is 2.15. The average Bonchev–Trinajstić information content (AvgIpc) is 2.15. The Labute approximate surface area is 111 Å². The highest BCUT2D eigenvalue weighted by atomic mass is 35.5. The second kappa shape index (κ2) is 5.85. The zero-order chi connectivity index (χ0) is 13.1. The van der Waals surface area contributed by atoms with Gasteiger partial charge in [0.25, 0.3) is 0 Å². The monoisotopic (exact) mass is 294 g/mol. The summed E-state index contributed by atoms with van der Waals surface area (Å²) in [6.45, 7) is 0. The van der Waals surface area contributed by atoms with E-state index in [0.29, 0.717) is 22.0 Å². The zero-order valence-electron chi connectivity index (χ0n) is 9.24. The summed E-state index contributed by atoms with van der Waals surface area (Å²) in [7, 11) is -3.03. The van der Waals surface area contributed by atoms with E-state index in [2.05, 4.69) is 0 Å². The molecule has 0 aliphatic rings. The van der Waals surface area contributed by atoms with Gasteiger partial charge in [0, 0.05) is 23.3 Å². The predicted octanol–water partition coefficient (Wildman–Crippen LogP) is 3.00. The van der Waals surface area contributed by atoms with Crippen LogP contribution in [0.4, 0.5) is 0 Å². The van der Waals surface area contributed by atoms with Crippen molar-refractivity contribution in [1.29, 1.82) is 0 Å². The Balaban J connectivity index is 2.65. The fraction of sp³-hybridized carbons (Fsp3) is 0.364. The van der Waals surface area contributed by atoms with Crippen molar-refractivity contribution < 1.29 is 13.2 Å². The van der Waals surface area contributed by atoms with Crippen LogP contribution in [0.5, 0.6) is 0 Å². The SMILES string of the molecule is CS(=O)(=O)CCCC(=O)c1ccc(Cl)cc1Cl. The van der Waals surface area contributed by atoms with Gasteiger partial charge in [-0.2, -0.15) is 0 Å². The van der Waals surface area contributed by atoms with Crippen molar-refractivity contribution >= 4 is 38.8 Å². The normalized spacial score (nSPS) is 11.5. The molecule has 0 saturated carbocycles. The van der Waals surface area contributed by atoms with Crippen molar-refractivity contribution in [2.24, 2.45) is 0 Å². The number of hydrogen-bond donors (Lipinski definition) is 0. The molecule has 0 amide bonds. The Bertz CT molecular complexity index is 524. The van der Waals surface area contributed by atoms with Crippen LogP contribution in [0.25, 0.3) is 0 Å². The lowest BCUT2D eigenvalue weighted by molar-refractivity contribution is 0.0982. The third kappa shape index (κ3) is 5.06. The maximum atomic E-state index is 11.7. The summed E-state index contributed by atoms with van der Waals surface area (Å²) >= 11 is 11.6. The highest BCUT2D eigenvalue weighted by Crippen LogP contribution is 2.22. The first-order chi connectivity index (χ1) is 7.79. The molecule has 0 saturated heterocycles. The molecule has 0 radical (unpaired) electrons. The summed E-state index contributed by atoms with van der Waals surface area (Å²) in [4.78, 5) is 11.7. The van der Waals surface area contributed by atoms with Gasteiger partial charge in [-0.25, -0.2) is 8.42 Å². The van der Waals surface area contributed by atoms with E-state index in [1.165, 1.54) is 6.07 Å². The molecule has 0 heterocycles. The molecular formula is C11H12Cl2O3S. The predicted molar refractivity (Wildman–Crippen MR) is 69.7 cm³/mol. The molecule has 1 rings (SSSR count). The summed E-state index contributed by atoms with van der Waals surface area (Å²) < 4.78 is 21.8. The van der Waals surface area contributed by atoms with Crippen LogP contribution in [-0.2, 0) is 9.84 Å². The van der Waals surface area contributed by atoms with Crippen LogP contribution in [-0.4, -0.2) is 26.2 Å². The molecule has 94 valence electrons. The largest absolute Gasteiger partial charge is 0.294 e. The highest BCUT2D eigenvalue weighted by molar-refractivity contribution is 7.90. The van der Waals surface area contributed by atoms with E-state index in [-0.39, 0.29) is 18.0 Å². The van der Waals surface area contributed by atoms with Gasteiger partial charge in [0.05, 0.1) is 10.8 Å². The molecule has 0 spiro atoms. The minimum Gasteiger partial charge on any atom is -0.294 e. The van der Waals surface area contributed by atoms with Crippen LogP contribution >= 0.6 is 23.2 Å². The summed E-state index contributed by atoms with van der Waals surface area (Å²) in [5, 5.41) is 0.754. The van der Waals surface area contributed by atoms with Gasteiger partial charge in [-0.1, -0.05) is 23.2 Å². The number of hydrogen-bond acceptors (Lipinski definition) is 3. The third-order valence-corrected chi connectivity index (χ3v) is 3.73. The van der Waals surface area contributed by atoms with Crippen molar-refractivity contribution in [3.63, 3.8) is 0 Å². The van der Waals surface area contributed by atoms with Gasteiger partial charge < -0.3 is 0 Å². The minimum atomic E-state index is -3.03. The Morgan fingerprint density at radius 2 is 1.94 bits per heavy atom. The van der Waals surface area contributed by atoms with E-state index < -0.39 is 9.84 Å². The minimum absolute atomic E-state index is 0.00392. The Hall–Kier alpha value is -0.580. The summed E-state index contributed by atoms with van der Waals surface area (Å²) in [5.74, 6) is -0.167. The first-order valence-corrected chi connectivity index (χ1v) is 7.77. The van der Waals surface area contributed by atoms with Gasteiger partial charge in [0.1, 0.15) is 9.84 Å². The number of ketones is 1. The van der Waals surface area contributed by atoms with Gasteiger partial charge in [0.15, 0.2) is 5.78 Å². The zero-order valence-corrected chi connectivity index (χ0v) is 11.6. The van der Waals surface area contributed by atoms with Crippen molar-refractivity contribution in [2.45, 2.75) is 12.8 Å². The van der Waals surface area contributed by atoms with Gasteiger partial charge >= 0.3 is 0 Å². The molecule has 0 fully saturated rings. The molecule has 17 heavy (non-hydrogen) atoms. The Morgan fingerprint density at radius 3 is 2.47 bits per heavy atom.